The maximum Gasteiger partial charge on any atom is 0.406 e. The number of anilines is 1. The van der Waals surface area contributed by atoms with E-state index in [9.17, 15) is 27.2 Å². The van der Waals surface area contributed by atoms with E-state index in [-0.39, 0.29) is 30.0 Å². The van der Waals surface area contributed by atoms with Gasteiger partial charge in [-0.05, 0) is 12.0 Å². The van der Waals surface area contributed by atoms with Crippen LogP contribution in [0, 0.1) is 23.5 Å². The summed E-state index contributed by atoms with van der Waals surface area (Å²) in [6.45, 7) is 2.12. The highest BCUT2D eigenvalue weighted by Crippen LogP contribution is 2.34. The van der Waals surface area contributed by atoms with Gasteiger partial charge < -0.3 is 25.3 Å². The van der Waals surface area contributed by atoms with E-state index in [1.54, 1.807) is 0 Å². The molecular weight excluding hydrogens is 541 g/mol. The molecule has 40 heavy (non-hydrogen) atoms. The largest absolute Gasteiger partial charge is 0.503 e. The van der Waals surface area contributed by atoms with Gasteiger partial charge in [-0.1, -0.05) is 12.5 Å². The zero-order valence-electron chi connectivity index (χ0n) is 21.1. The molecule has 1 aliphatic heterocycles. The molecule has 4 rings (SSSR count). The van der Waals surface area contributed by atoms with Crippen molar-refractivity contribution in [2.45, 2.75) is 25.2 Å². The third-order valence-electron chi connectivity index (χ3n) is 6.08. The minimum absolute atomic E-state index is 0.127. The fourth-order valence-electron chi connectivity index (χ4n) is 4.44. The highest BCUT2D eigenvalue weighted by Gasteiger charge is 2.35. The van der Waals surface area contributed by atoms with Gasteiger partial charge in [0.05, 0.1) is 36.3 Å². The highest BCUT2D eigenvalue weighted by molar-refractivity contribution is 6.00. The average molecular weight is 563 g/mol. The van der Waals surface area contributed by atoms with Crippen LogP contribution in [0.4, 0.5) is 27.8 Å². The quantitative estimate of drug-likeness (QED) is 0.206. The Labute approximate surface area is 223 Å². The van der Waals surface area contributed by atoms with Crippen LogP contribution in [0.25, 0.3) is 11.0 Å². The van der Waals surface area contributed by atoms with Gasteiger partial charge in [0, 0.05) is 26.1 Å². The van der Waals surface area contributed by atoms with Gasteiger partial charge in [0.25, 0.3) is 5.91 Å². The molecule has 1 fully saturated rings. The number of allylic oxidation sites excluding steroid dienone is 1. The molecule has 3 N–H and O–H groups in total. The Balaban J connectivity index is 1.78. The topological polar surface area (TPSA) is 120 Å². The van der Waals surface area contributed by atoms with Crippen LogP contribution >= 0.6 is 0 Å². The van der Waals surface area contributed by atoms with Crippen molar-refractivity contribution in [2.75, 3.05) is 26.0 Å². The Morgan fingerprint density at radius 1 is 1.32 bits per heavy atom. The molecule has 10 nitrogen and oxygen atoms in total. The molecule has 1 aromatic carbocycles. The molecule has 3 aromatic rings. The Bertz CT molecular complexity index is 1610. The van der Waals surface area contributed by atoms with E-state index in [4.69, 9.17) is 10.5 Å². The fraction of sp³-hybridized carbons (Fsp3) is 0.280. The molecule has 210 valence electrons. The van der Waals surface area contributed by atoms with E-state index in [0.717, 1.165) is 12.4 Å². The molecule has 0 aliphatic carbocycles. The lowest BCUT2D eigenvalue weighted by molar-refractivity contribution is -0.140. The number of fused-ring (bicyclic) bond motifs is 1. The van der Waals surface area contributed by atoms with Gasteiger partial charge in [-0.2, -0.15) is 18.3 Å². The zero-order valence-corrected chi connectivity index (χ0v) is 21.1. The van der Waals surface area contributed by atoms with Gasteiger partial charge in [-0.15, -0.1) is 0 Å². The average Bonchev–Trinajstić information content (AvgIpc) is 3.58. The first kappa shape index (κ1) is 28.1. The van der Waals surface area contributed by atoms with Gasteiger partial charge in [-0.3, -0.25) is 9.59 Å². The standard InChI is InChI=1S/C25H22F5N7O3/c1-4-19(38)36-9-13(7-14(36)10-40-3)37-24(32-2)20(23(31)39)17(34-37)6-5-15-16(26)8-18-22(21(15)27)33-12-35(18)11-25(28,29)30/h4,8,10,12-13,32H,1,7,9,11H2,2-3H3,(H2,31,39)/b14-10+/t13-/m0/s1. The monoisotopic (exact) mass is 563 g/mol. The van der Waals surface area contributed by atoms with Gasteiger partial charge in [0.15, 0.2) is 11.5 Å². The number of rotatable bonds is 6. The van der Waals surface area contributed by atoms with Crippen LogP contribution in [0.1, 0.15) is 34.1 Å². The normalized spacial score (nSPS) is 16.2. The molecule has 3 heterocycles. The molecular formula is C25H22F5N7O3. The Hall–Kier alpha value is -4.87. The predicted molar refractivity (Wildman–Crippen MR) is 133 cm³/mol. The molecule has 1 aliphatic rings. The number of nitrogens with one attached hydrogen (secondary N) is 1. The summed E-state index contributed by atoms with van der Waals surface area (Å²) < 4.78 is 75.4. The zero-order chi connectivity index (χ0) is 29.4. The van der Waals surface area contributed by atoms with Crippen molar-refractivity contribution in [2.24, 2.45) is 5.73 Å². The number of imidazole rings is 1. The van der Waals surface area contributed by atoms with Gasteiger partial charge >= 0.3 is 6.18 Å². The number of likely N-dealkylation sites (tertiary alicyclic amines) is 1. The Morgan fingerprint density at radius 2 is 2.05 bits per heavy atom. The summed E-state index contributed by atoms with van der Waals surface area (Å²) in [4.78, 5) is 29.7. The summed E-state index contributed by atoms with van der Waals surface area (Å²) >= 11 is 0. The van der Waals surface area contributed by atoms with E-state index in [1.807, 2.05) is 0 Å². The van der Waals surface area contributed by atoms with Crippen LogP contribution < -0.4 is 11.1 Å². The third kappa shape index (κ3) is 5.20. The van der Waals surface area contributed by atoms with E-state index in [2.05, 4.69) is 33.8 Å². The maximum absolute atomic E-state index is 15.1. The molecule has 0 unspecified atom stereocenters. The second kappa shape index (κ2) is 10.7. The van der Waals surface area contributed by atoms with Gasteiger partial charge in [0.2, 0.25) is 5.91 Å². The molecule has 0 bridgehead atoms. The first-order valence-electron chi connectivity index (χ1n) is 11.6. The molecule has 2 amide bonds. The summed E-state index contributed by atoms with van der Waals surface area (Å²) in [5, 5.41) is 7.16. The molecule has 0 spiro atoms. The molecule has 1 saturated heterocycles. The molecule has 0 radical (unpaired) electrons. The number of nitrogens with zero attached hydrogens (tertiary/aromatic N) is 5. The summed E-state index contributed by atoms with van der Waals surface area (Å²) in [6.07, 6.45) is -1.11. The first-order chi connectivity index (χ1) is 18.9. The van der Waals surface area contributed by atoms with Crippen molar-refractivity contribution < 1.29 is 36.3 Å². The summed E-state index contributed by atoms with van der Waals surface area (Å²) in [5.74, 6) is 1.02. The minimum atomic E-state index is -4.64. The lowest BCUT2D eigenvalue weighted by Crippen LogP contribution is -2.27. The van der Waals surface area contributed by atoms with Crippen molar-refractivity contribution in [1.82, 2.24) is 24.2 Å². The molecule has 15 heteroatoms. The van der Waals surface area contributed by atoms with E-state index in [0.29, 0.717) is 16.3 Å². The third-order valence-corrected chi connectivity index (χ3v) is 6.08. The van der Waals surface area contributed by atoms with E-state index in [1.165, 1.54) is 30.0 Å². The number of carbonyl (C=O) groups excluding carboxylic acids is 2. The molecule has 0 saturated carbocycles. The lowest BCUT2D eigenvalue weighted by Gasteiger charge is -2.16. The fourth-order valence-corrected chi connectivity index (χ4v) is 4.44. The number of methoxy groups -OCH3 is 1. The summed E-state index contributed by atoms with van der Waals surface area (Å²) in [6, 6.07) is 0.185. The van der Waals surface area contributed by atoms with Gasteiger partial charge in [-0.25, -0.2) is 18.4 Å². The highest BCUT2D eigenvalue weighted by atomic mass is 19.4. The van der Waals surface area contributed by atoms with Crippen LogP contribution in [-0.4, -0.2) is 62.9 Å². The molecule has 2 aromatic heterocycles. The van der Waals surface area contributed by atoms with Crippen molar-refractivity contribution in [3.05, 3.63) is 65.5 Å². The smallest absolute Gasteiger partial charge is 0.406 e. The van der Waals surface area contributed by atoms with Crippen LogP contribution in [-0.2, 0) is 16.1 Å². The molecule has 1 atom stereocenters. The number of amides is 2. The first-order valence-corrected chi connectivity index (χ1v) is 11.6. The van der Waals surface area contributed by atoms with E-state index < -0.39 is 58.8 Å². The number of primary amides is 1. The Morgan fingerprint density at radius 3 is 2.65 bits per heavy atom. The number of hydrogen-bond donors (Lipinski definition) is 2. The number of alkyl halides is 3. The predicted octanol–water partition coefficient (Wildman–Crippen LogP) is 3.06. The minimum Gasteiger partial charge on any atom is -0.503 e. The summed E-state index contributed by atoms with van der Waals surface area (Å²) in [5.41, 5.74) is 4.00. The van der Waals surface area contributed by atoms with Crippen molar-refractivity contribution in [3.8, 4) is 11.8 Å². The SMILES string of the molecule is C=CC(=O)N1C[C@@H](n2nc(C#Cc3c(F)cc4c(ncn4CC(F)(F)F)c3F)c(C(N)=O)c2NC)C/C1=C\OC. The lowest BCUT2D eigenvalue weighted by atomic mass is 10.1. The number of ether oxygens (including phenoxy) is 1. The second-order valence-electron chi connectivity index (χ2n) is 8.64. The van der Waals surface area contributed by atoms with Crippen molar-refractivity contribution in [1.29, 1.82) is 0 Å². The second-order valence-corrected chi connectivity index (χ2v) is 8.64. The van der Waals surface area contributed by atoms with Crippen LogP contribution in [0.15, 0.2) is 37.0 Å². The van der Waals surface area contributed by atoms with E-state index >= 15 is 4.39 Å². The number of aromatic nitrogens is 4. The number of hydrogen-bond acceptors (Lipinski definition) is 6. The number of halogens is 5. The van der Waals surface area contributed by atoms with Crippen LogP contribution in [0.3, 0.4) is 0 Å². The number of benzene rings is 1. The van der Waals surface area contributed by atoms with Crippen LogP contribution in [0.5, 0.6) is 0 Å². The Kier molecular flexibility index (Phi) is 7.54. The number of nitrogens with two attached hydrogens (primary N) is 1. The summed E-state index contributed by atoms with van der Waals surface area (Å²) in [7, 11) is 2.91. The number of carbonyl (C=O) groups is 2. The maximum atomic E-state index is 15.1. The van der Waals surface area contributed by atoms with Crippen molar-refractivity contribution >= 4 is 28.7 Å². The van der Waals surface area contributed by atoms with Crippen molar-refractivity contribution in [3.63, 3.8) is 0 Å². The van der Waals surface area contributed by atoms with Crippen LogP contribution in [0.2, 0.25) is 0 Å². The van der Waals surface area contributed by atoms with Gasteiger partial charge in [0.1, 0.15) is 35.5 Å².